The number of hydrogen-bond donors (Lipinski definition) is 1. The highest BCUT2D eigenvalue weighted by molar-refractivity contribution is 7.99. The molecule has 0 heterocycles. The first-order valence-electron chi connectivity index (χ1n) is 8.34. The first kappa shape index (κ1) is 19.8. The van der Waals surface area contributed by atoms with Crippen LogP contribution in [0.2, 0.25) is 0 Å². The summed E-state index contributed by atoms with van der Waals surface area (Å²) in [7, 11) is 1.35. The van der Waals surface area contributed by atoms with Gasteiger partial charge in [0.05, 0.1) is 25.0 Å². The van der Waals surface area contributed by atoms with Crippen molar-refractivity contribution in [2.24, 2.45) is 0 Å². The number of thioether (sulfide) groups is 1. The fourth-order valence-corrected chi connectivity index (χ4v) is 2.88. The highest BCUT2D eigenvalue weighted by atomic mass is 32.2. The van der Waals surface area contributed by atoms with Crippen LogP contribution in [0.3, 0.4) is 0 Å². The van der Waals surface area contributed by atoms with Crippen LogP contribution in [0.4, 0.5) is 5.69 Å². The summed E-state index contributed by atoms with van der Waals surface area (Å²) in [5.74, 6) is 1.60. The second-order valence-electron chi connectivity index (χ2n) is 5.68. The maximum absolute atomic E-state index is 11.9. The smallest absolute Gasteiger partial charge is 0.337 e. The van der Waals surface area contributed by atoms with E-state index >= 15 is 0 Å². The van der Waals surface area contributed by atoms with E-state index in [9.17, 15) is 9.59 Å². The Hall–Kier alpha value is -2.47. The number of benzene rings is 2. The third kappa shape index (κ3) is 6.80. The molecule has 0 saturated carbocycles. The summed E-state index contributed by atoms with van der Waals surface area (Å²) in [4.78, 5) is 23.2. The van der Waals surface area contributed by atoms with Gasteiger partial charge in [-0.05, 0) is 55.5 Å². The lowest BCUT2D eigenvalue weighted by Gasteiger charge is -2.07. The van der Waals surface area contributed by atoms with Gasteiger partial charge in [0.15, 0.2) is 0 Å². The average Bonchev–Trinajstić information content (AvgIpc) is 2.66. The second kappa shape index (κ2) is 10.5. The van der Waals surface area contributed by atoms with Crippen molar-refractivity contribution in [1.29, 1.82) is 0 Å². The van der Waals surface area contributed by atoms with Gasteiger partial charge in [0.1, 0.15) is 5.75 Å². The van der Waals surface area contributed by atoms with Gasteiger partial charge in [-0.25, -0.2) is 4.79 Å². The summed E-state index contributed by atoms with van der Waals surface area (Å²) >= 11 is 1.58. The Morgan fingerprint density at radius 3 is 2.38 bits per heavy atom. The largest absolute Gasteiger partial charge is 0.494 e. The van der Waals surface area contributed by atoms with Crippen molar-refractivity contribution in [1.82, 2.24) is 0 Å². The molecule has 138 valence electrons. The molecular weight excluding hydrogens is 350 g/mol. The summed E-state index contributed by atoms with van der Waals surface area (Å²) in [6.45, 7) is 2.57. The van der Waals surface area contributed by atoms with Gasteiger partial charge in [-0.2, -0.15) is 11.8 Å². The van der Waals surface area contributed by atoms with Crippen LogP contribution in [-0.2, 0) is 9.53 Å². The molecule has 26 heavy (non-hydrogen) atoms. The number of ether oxygens (including phenoxy) is 2. The zero-order valence-corrected chi connectivity index (χ0v) is 15.8. The zero-order chi connectivity index (χ0) is 18.8. The molecule has 0 aliphatic rings. The number of methoxy groups -OCH3 is 1. The fraction of sp³-hybridized carbons (Fsp3) is 0.300. The third-order valence-corrected chi connectivity index (χ3v) is 4.59. The Labute approximate surface area is 158 Å². The molecule has 0 atom stereocenters. The van der Waals surface area contributed by atoms with E-state index in [1.807, 2.05) is 31.2 Å². The number of anilines is 1. The molecule has 2 rings (SSSR count). The average molecular weight is 373 g/mol. The lowest BCUT2D eigenvalue weighted by Crippen LogP contribution is -2.14. The van der Waals surface area contributed by atoms with E-state index in [2.05, 4.69) is 10.1 Å². The highest BCUT2D eigenvalue weighted by Gasteiger charge is 2.05. The molecule has 1 amide bonds. The normalized spacial score (nSPS) is 10.2. The maximum atomic E-state index is 11.9. The SMILES string of the molecule is COC(=O)c1ccc(OCCCSCC(=O)Nc2ccc(C)cc2)cc1. The van der Waals surface area contributed by atoms with Crippen LogP contribution >= 0.6 is 11.8 Å². The molecule has 0 unspecified atom stereocenters. The van der Waals surface area contributed by atoms with Crippen molar-refractivity contribution < 1.29 is 19.1 Å². The molecule has 0 aromatic heterocycles. The number of carbonyl (C=O) groups is 2. The van der Waals surface area contributed by atoms with Crippen molar-refractivity contribution in [2.45, 2.75) is 13.3 Å². The summed E-state index contributed by atoms with van der Waals surface area (Å²) < 4.78 is 10.3. The lowest BCUT2D eigenvalue weighted by molar-refractivity contribution is -0.113. The standard InChI is InChI=1S/C20H23NO4S/c1-15-4-8-17(9-5-15)21-19(22)14-26-13-3-12-25-18-10-6-16(7-11-18)20(23)24-2/h4-11H,3,12-14H2,1-2H3,(H,21,22). The quantitative estimate of drug-likeness (QED) is 0.533. The molecule has 0 aliphatic carbocycles. The minimum atomic E-state index is -0.364. The lowest BCUT2D eigenvalue weighted by atomic mass is 10.2. The van der Waals surface area contributed by atoms with Crippen molar-refractivity contribution in [3.63, 3.8) is 0 Å². The van der Waals surface area contributed by atoms with Crippen molar-refractivity contribution >= 4 is 29.3 Å². The number of aryl methyl sites for hydroxylation is 1. The van der Waals surface area contributed by atoms with Crippen LogP contribution < -0.4 is 10.1 Å². The molecule has 0 fully saturated rings. The van der Waals surface area contributed by atoms with E-state index in [0.717, 1.165) is 23.4 Å². The molecule has 6 heteroatoms. The molecule has 5 nitrogen and oxygen atoms in total. The van der Waals surface area contributed by atoms with Gasteiger partial charge >= 0.3 is 5.97 Å². The monoisotopic (exact) mass is 373 g/mol. The van der Waals surface area contributed by atoms with E-state index in [0.29, 0.717) is 23.7 Å². The van der Waals surface area contributed by atoms with Gasteiger partial charge in [-0.15, -0.1) is 0 Å². The first-order chi connectivity index (χ1) is 12.6. The van der Waals surface area contributed by atoms with E-state index in [-0.39, 0.29) is 11.9 Å². The Morgan fingerprint density at radius 1 is 1.04 bits per heavy atom. The van der Waals surface area contributed by atoms with E-state index < -0.39 is 0 Å². The number of amides is 1. The minimum Gasteiger partial charge on any atom is -0.494 e. The summed E-state index contributed by atoms with van der Waals surface area (Å²) in [5.41, 5.74) is 2.48. The molecule has 2 aromatic carbocycles. The number of esters is 1. The van der Waals surface area contributed by atoms with Gasteiger partial charge in [0.2, 0.25) is 5.91 Å². The van der Waals surface area contributed by atoms with Crippen molar-refractivity contribution in [2.75, 3.05) is 30.5 Å². The molecule has 0 saturated heterocycles. The predicted octanol–water partition coefficient (Wildman–Crippen LogP) is 3.92. The minimum absolute atomic E-state index is 0.00169. The first-order valence-corrected chi connectivity index (χ1v) is 9.49. The summed E-state index contributed by atoms with van der Waals surface area (Å²) in [5, 5.41) is 2.88. The molecule has 0 aliphatic heterocycles. The Morgan fingerprint density at radius 2 is 1.73 bits per heavy atom. The van der Waals surface area contributed by atoms with Crippen molar-refractivity contribution in [3.8, 4) is 5.75 Å². The number of carbonyl (C=O) groups excluding carboxylic acids is 2. The molecule has 0 bridgehead atoms. The molecule has 0 spiro atoms. The highest BCUT2D eigenvalue weighted by Crippen LogP contribution is 2.14. The van der Waals surface area contributed by atoms with Crippen LogP contribution in [0.15, 0.2) is 48.5 Å². The van der Waals surface area contributed by atoms with Gasteiger partial charge in [0.25, 0.3) is 0 Å². The van der Waals surface area contributed by atoms with Gasteiger partial charge < -0.3 is 14.8 Å². The second-order valence-corrected chi connectivity index (χ2v) is 6.79. The fourth-order valence-electron chi connectivity index (χ4n) is 2.15. The van der Waals surface area contributed by atoms with Crippen LogP contribution in [0.1, 0.15) is 22.3 Å². The maximum Gasteiger partial charge on any atom is 0.337 e. The van der Waals surface area contributed by atoms with Crippen LogP contribution in [-0.4, -0.2) is 37.1 Å². The number of hydrogen-bond acceptors (Lipinski definition) is 5. The summed E-state index contributed by atoms with van der Waals surface area (Å²) in [6.07, 6.45) is 0.835. The Bertz CT molecular complexity index is 714. The van der Waals surface area contributed by atoms with E-state index in [1.165, 1.54) is 7.11 Å². The number of nitrogens with one attached hydrogen (secondary N) is 1. The van der Waals surface area contributed by atoms with Gasteiger partial charge in [0, 0.05) is 5.69 Å². The molecular formula is C20H23NO4S. The van der Waals surface area contributed by atoms with Gasteiger partial charge in [-0.1, -0.05) is 17.7 Å². The molecule has 0 radical (unpaired) electrons. The predicted molar refractivity (Wildman–Crippen MR) is 105 cm³/mol. The number of rotatable bonds is 9. The molecule has 1 N–H and O–H groups in total. The van der Waals surface area contributed by atoms with Crippen LogP contribution in [0, 0.1) is 6.92 Å². The van der Waals surface area contributed by atoms with Crippen molar-refractivity contribution in [3.05, 3.63) is 59.7 Å². The third-order valence-electron chi connectivity index (χ3n) is 3.55. The van der Waals surface area contributed by atoms with Crippen LogP contribution in [0.25, 0.3) is 0 Å². The Kier molecular flexibility index (Phi) is 8.02. The summed E-state index contributed by atoms with van der Waals surface area (Å²) in [6, 6.07) is 14.6. The van der Waals surface area contributed by atoms with Gasteiger partial charge in [-0.3, -0.25) is 4.79 Å². The zero-order valence-electron chi connectivity index (χ0n) is 15.0. The Balaban J connectivity index is 1.58. The van der Waals surface area contributed by atoms with E-state index in [4.69, 9.17) is 4.74 Å². The molecule has 2 aromatic rings. The van der Waals surface area contributed by atoms with E-state index in [1.54, 1.807) is 36.0 Å². The topological polar surface area (TPSA) is 64.6 Å². The van der Waals surface area contributed by atoms with Crippen LogP contribution in [0.5, 0.6) is 5.75 Å².